The summed E-state index contributed by atoms with van der Waals surface area (Å²) in [6, 6.07) is 0. The van der Waals surface area contributed by atoms with Gasteiger partial charge in [0, 0.05) is 0 Å². The lowest BCUT2D eigenvalue weighted by Gasteiger charge is -2.26. The highest BCUT2D eigenvalue weighted by Gasteiger charge is 2.54. The van der Waals surface area contributed by atoms with Gasteiger partial charge >= 0.3 is 23.6 Å². The van der Waals surface area contributed by atoms with E-state index >= 15 is 0 Å². The molecule has 0 saturated heterocycles. The van der Waals surface area contributed by atoms with Crippen LogP contribution in [0.1, 0.15) is 53.4 Å². The van der Waals surface area contributed by atoms with E-state index in [0.717, 1.165) is 0 Å². The van der Waals surface area contributed by atoms with Gasteiger partial charge in [0.25, 0.3) is 0 Å². The summed E-state index contributed by atoms with van der Waals surface area (Å²) in [6.07, 6.45) is -0.0428. The Hall–Kier alpha value is -0.880. The average molecular weight is 322 g/mol. The molecule has 0 aliphatic carbocycles. The third-order valence-corrected chi connectivity index (χ3v) is 2.71. The summed E-state index contributed by atoms with van der Waals surface area (Å²) in [6.45, 7) is 6.18. The van der Waals surface area contributed by atoms with Gasteiger partial charge in [-0.3, -0.25) is 0 Å². The maximum absolute atomic E-state index is 11.9. The minimum Gasteiger partial charge on any atom is -1.00 e. The monoisotopic (exact) mass is 321 g/mol. The first-order valence-corrected chi connectivity index (χ1v) is 5.95. The quantitative estimate of drug-likeness (QED) is 0.594. The lowest BCUT2D eigenvalue weighted by molar-refractivity contribution is -0.629. The van der Waals surface area contributed by atoms with E-state index in [1.807, 2.05) is 0 Å². The summed E-state index contributed by atoms with van der Waals surface area (Å²) in [5.41, 5.74) is 0. The number of carbonyl (C=O) groups excluding carboxylic acids is 4. The number of halogens is 1. The third-order valence-electron chi connectivity index (χ3n) is 2.71. The number of nitrogens with zero attached hydrogens (tertiary/aromatic N) is 1. The summed E-state index contributed by atoms with van der Waals surface area (Å²) < 4.78 is -1.24. The number of hydrogen-bond acceptors (Lipinski definition) is 4. The maximum atomic E-state index is 11.9. The fourth-order valence-electron chi connectivity index (χ4n) is 1.78. The van der Waals surface area contributed by atoms with Crippen LogP contribution < -0.4 is 17.0 Å². The van der Waals surface area contributed by atoms with Crippen molar-refractivity contribution >= 4 is 23.6 Å². The van der Waals surface area contributed by atoms with E-state index in [2.05, 4.69) is 0 Å². The van der Waals surface area contributed by atoms with E-state index in [4.69, 9.17) is 0 Å². The third kappa shape index (κ3) is 3.11. The van der Waals surface area contributed by atoms with Gasteiger partial charge in [0.05, 0.1) is 25.7 Å². The topological polar surface area (TPSA) is 68.3 Å². The Bertz CT molecular complexity index is 282. The van der Waals surface area contributed by atoms with Crippen LogP contribution in [-0.4, -0.2) is 28.1 Å². The smallest absolute Gasteiger partial charge is 0.335 e. The van der Waals surface area contributed by atoms with Crippen LogP contribution in [0.5, 0.6) is 0 Å². The number of hydrogen-bond donors (Lipinski definition) is 0. The fraction of sp³-hybridized carbons (Fsp3) is 0.667. The Morgan fingerprint density at radius 1 is 0.611 bits per heavy atom. The van der Waals surface area contributed by atoms with Gasteiger partial charge in [-0.1, -0.05) is 32.2 Å². The Morgan fingerprint density at radius 2 is 0.778 bits per heavy atom. The Kier molecular flexibility index (Phi) is 8.93. The molecule has 0 atom stereocenters. The summed E-state index contributed by atoms with van der Waals surface area (Å²) in [4.78, 5) is 47.8. The molecule has 18 heavy (non-hydrogen) atoms. The summed E-state index contributed by atoms with van der Waals surface area (Å²) in [5, 5.41) is 0. The molecule has 0 aliphatic rings. The van der Waals surface area contributed by atoms with Crippen molar-refractivity contribution in [3.05, 3.63) is 0 Å². The van der Waals surface area contributed by atoms with Crippen molar-refractivity contribution in [2.75, 3.05) is 0 Å². The zero-order valence-corrected chi connectivity index (χ0v) is 12.9. The predicted molar refractivity (Wildman–Crippen MR) is 61.5 cm³/mol. The van der Waals surface area contributed by atoms with Crippen molar-refractivity contribution in [2.45, 2.75) is 53.4 Å². The number of imide groups is 6. The molecule has 0 N–H and O–H groups in total. The van der Waals surface area contributed by atoms with Gasteiger partial charge in [-0.05, 0) is 0 Å². The Labute approximate surface area is 118 Å². The summed E-state index contributed by atoms with van der Waals surface area (Å²) in [7, 11) is 0. The standard InChI is InChI=1S/C12H20NO4.BrH/c1-5-9(14)13(10(15)6-2,11(16)7-3)12(17)8-4;/h5-8H2,1-4H3;1H/q+1;/p-1. The summed E-state index contributed by atoms with van der Waals surface area (Å²) in [5.74, 6) is -2.52. The van der Waals surface area contributed by atoms with Crippen LogP contribution in [0, 0.1) is 0 Å². The number of amides is 4. The molecular formula is C12H20BrNO4. The molecule has 0 heterocycles. The Balaban J connectivity index is 0. The van der Waals surface area contributed by atoms with E-state index < -0.39 is 28.1 Å². The molecule has 104 valence electrons. The lowest BCUT2D eigenvalue weighted by Crippen LogP contribution is -3.00. The molecule has 0 aromatic rings. The highest BCUT2D eigenvalue weighted by atomic mass is 79.9. The first kappa shape index (κ1) is 19.5. The van der Waals surface area contributed by atoms with E-state index in [0.29, 0.717) is 0 Å². The fourth-order valence-corrected chi connectivity index (χ4v) is 1.78. The van der Waals surface area contributed by atoms with Crippen molar-refractivity contribution in [2.24, 2.45) is 0 Å². The van der Waals surface area contributed by atoms with Crippen molar-refractivity contribution in [1.82, 2.24) is 0 Å². The zero-order valence-electron chi connectivity index (χ0n) is 11.3. The van der Waals surface area contributed by atoms with Crippen LogP contribution in [0.3, 0.4) is 0 Å². The molecule has 0 fully saturated rings. The molecule has 0 spiro atoms. The minimum absolute atomic E-state index is 0. The molecular weight excluding hydrogens is 302 g/mol. The van der Waals surface area contributed by atoms with Gasteiger partial charge in [0.1, 0.15) is 0 Å². The van der Waals surface area contributed by atoms with Gasteiger partial charge in [-0.25, -0.2) is 19.2 Å². The molecule has 0 rings (SSSR count). The van der Waals surface area contributed by atoms with Crippen LogP contribution >= 0.6 is 0 Å². The molecule has 0 aromatic carbocycles. The first-order valence-electron chi connectivity index (χ1n) is 5.95. The minimum atomic E-state index is -1.24. The van der Waals surface area contributed by atoms with Gasteiger partial charge in [-0.15, -0.1) is 0 Å². The zero-order chi connectivity index (χ0) is 13.6. The largest absolute Gasteiger partial charge is 1.00 e. The number of quaternary nitrogens is 1. The first-order chi connectivity index (χ1) is 7.93. The second kappa shape index (κ2) is 8.26. The van der Waals surface area contributed by atoms with E-state index in [9.17, 15) is 19.2 Å². The maximum Gasteiger partial charge on any atom is 0.335 e. The normalized spacial score (nSPS) is 10.4. The second-order valence-corrected chi connectivity index (χ2v) is 3.66. The molecule has 6 heteroatoms. The molecule has 0 radical (unpaired) electrons. The van der Waals surface area contributed by atoms with Gasteiger partial charge in [0.2, 0.25) is 0 Å². The van der Waals surface area contributed by atoms with Gasteiger partial charge < -0.3 is 17.0 Å². The molecule has 0 saturated carbocycles. The van der Waals surface area contributed by atoms with Crippen molar-refractivity contribution < 1.29 is 40.6 Å². The van der Waals surface area contributed by atoms with Crippen molar-refractivity contribution in [1.29, 1.82) is 0 Å². The highest BCUT2D eigenvalue weighted by molar-refractivity contribution is 6.09. The molecule has 4 amide bonds. The molecule has 0 aliphatic heterocycles. The van der Waals surface area contributed by atoms with Crippen LogP contribution in [0.25, 0.3) is 0 Å². The number of rotatable bonds is 4. The van der Waals surface area contributed by atoms with Crippen LogP contribution in [-0.2, 0) is 19.2 Å². The van der Waals surface area contributed by atoms with E-state index in [-0.39, 0.29) is 42.7 Å². The van der Waals surface area contributed by atoms with E-state index in [1.54, 1.807) is 27.7 Å². The predicted octanol–water partition coefficient (Wildman–Crippen LogP) is -1.45. The second-order valence-electron chi connectivity index (χ2n) is 3.66. The molecule has 0 bridgehead atoms. The lowest BCUT2D eigenvalue weighted by atomic mass is 10.1. The van der Waals surface area contributed by atoms with Crippen molar-refractivity contribution in [3.8, 4) is 0 Å². The van der Waals surface area contributed by atoms with Gasteiger partial charge in [0.15, 0.2) is 0 Å². The van der Waals surface area contributed by atoms with Crippen molar-refractivity contribution in [3.63, 3.8) is 0 Å². The van der Waals surface area contributed by atoms with Gasteiger partial charge in [-0.2, -0.15) is 0 Å². The molecule has 0 aromatic heterocycles. The van der Waals surface area contributed by atoms with Crippen LogP contribution in [0.4, 0.5) is 0 Å². The van der Waals surface area contributed by atoms with E-state index in [1.165, 1.54) is 0 Å². The highest BCUT2D eigenvalue weighted by Crippen LogP contribution is 2.19. The molecule has 0 unspecified atom stereocenters. The van der Waals surface area contributed by atoms with Crippen LogP contribution in [0.2, 0.25) is 0 Å². The SMILES string of the molecule is CCC(=O)[N+](C(=O)CC)(C(=O)CC)C(=O)CC.[Br-]. The summed E-state index contributed by atoms with van der Waals surface area (Å²) >= 11 is 0. The van der Waals surface area contributed by atoms with Crippen LogP contribution in [0.15, 0.2) is 0 Å². The number of carbonyl (C=O) groups is 4. The average Bonchev–Trinajstić information content (AvgIpc) is 2.37. The molecule has 5 nitrogen and oxygen atoms in total. The Morgan fingerprint density at radius 3 is 0.889 bits per heavy atom.